The van der Waals surface area contributed by atoms with Crippen molar-refractivity contribution in [1.82, 2.24) is 0 Å². The van der Waals surface area contributed by atoms with Gasteiger partial charge in [-0.3, -0.25) is 0 Å². The number of hydrogen-bond acceptors (Lipinski definition) is 4. The molecule has 0 spiro atoms. The van der Waals surface area contributed by atoms with Crippen molar-refractivity contribution >= 4 is 17.3 Å². The van der Waals surface area contributed by atoms with Crippen molar-refractivity contribution in [3.8, 4) is 17.2 Å². The molecular formula is C15H16ClNO3. The molecule has 4 nitrogen and oxygen atoms in total. The van der Waals surface area contributed by atoms with E-state index in [0.717, 1.165) is 5.56 Å². The minimum Gasteiger partial charge on any atom is -0.508 e. The Morgan fingerprint density at radius 2 is 1.75 bits per heavy atom. The highest BCUT2D eigenvalue weighted by Crippen LogP contribution is 2.36. The molecule has 20 heavy (non-hydrogen) atoms. The fourth-order valence-electron chi connectivity index (χ4n) is 1.84. The summed E-state index contributed by atoms with van der Waals surface area (Å²) < 4.78 is 10.4. The van der Waals surface area contributed by atoms with Crippen LogP contribution in [0.1, 0.15) is 5.56 Å². The average molecular weight is 294 g/mol. The van der Waals surface area contributed by atoms with E-state index in [1.165, 1.54) is 0 Å². The molecule has 106 valence electrons. The monoisotopic (exact) mass is 293 g/mol. The number of nitrogens with one attached hydrogen (secondary N) is 1. The first-order chi connectivity index (χ1) is 9.65. The van der Waals surface area contributed by atoms with E-state index in [1.807, 2.05) is 12.1 Å². The zero-order valence-corrected chi connectivity index (χ0v) is 12.1. The smallest absolute Gasteiger partial charge is 0.162 e. The lowest BCUT2D eigenvalue weighted by atomic mass is 10.2. The van der Waals surface area contributed by atoms with Gasteiger partial charge >= 0.3 is 0 Å². The van der Waals surface area contributed by atoms with Crippen LogP contribution in [0.5, 0.6) is 17.2 Å². The second-order valence-corrected chi connectivity index (χ2v) is 4.58. The molecule has 0 aliphatic rings. The third-order valence-corrected chi connectivity index (χ3v) is 3.25. The predicted octanol–water partition coefficient (Wildman–Crippen LogP) is 3.67. The number of anilines is 1. The third-order valence-electron chi connectivity index (χ3n) is 2.93. The molecule has 0 radical (unpaired) electrons. The van der Waals surface area contributed by atoms with Gasteiger partial charge < -0.3 is 19.9 Å². The Kier molecular flexibility index (Phi) is 4.58. The molecule has 0 unspecified atom stereocenters. The van der Waals surface area contributed by atoms with E-state index in [9.17, 15) is 5.11 Å². The van der Waals surface area contributed by atoms with E-state index in [-0.39, 0.29) is 5.75 Å². The van der Waals surface area contributed by atoms with E-state index in [1.54, 1.807) is 38.5 Å². The average Bonchev–Trinajstić information content (AvgIpc) is 2.47. The largest absolute Gasteiger partial charge is 0.508 e. The summed E-state index contributed by atoms with van der Waals surface area (Å²) in [5, 5.41) is 13.4. The van der Waals surface area contributed by atoms with Gasteiger partial charge in [-0.25, -0.2) is 0 Å². The van der Waals surface area contributed by atoms with E-state index >= 15 is 0 Å². The summed E-state index contributed by atoms with van der Waals surface area (Å²) in [6.45, 7) is 0.460. The molecule has 0 atom stereocenters. The second-order valence-electron chi connectivity index (χ2n) is 4.17. The molecule has 2 rings (SSSR count). The van der Waals surface area contributed by atoms with E-state index < -0.39 is 0 Å². The Balaban J connectivity index is 2.19. The molecule has 0 saturated carbocycles. The van der Waals surface area contributed by atoms with Crippen LogP contribution >= 0.6 is 11.6 Å². The van der Waals surface area contributed by atoms with Crippen LogP contribution in [0.3, 0.4) is 0 Å². The number of phenols is 1. The third kappa shape index (κ3) is 3.08. The molecule has 2 aromatic carbocycles. The van der Waals surface area contributed by atoms with Gasteiger partial charge in [-0.05, 0) is 6.07 Å². The number of halogens is 1. The van der Waals surface area contributed by atoms with Gasteiger partial charge in [0.15, 0.2) is 11.5 Å². The first kappa shape index (κ1) is 14.3. The summed E-state index contributed by atoms with van der Waals surface area (Å²) in [5.41, 5.74) is 1.51. The molecule has 2 aromatic rings. The van der Waals surface area contributed by atoms with Crippen molar-refractivity contribution in [3.63, 3.8) is 0 Å². The van der Waals surface area contributed by atoms with Crippen LogP contribution in [0.2, 0.25) is 5.02 Å². The van der Waals surface area contributed by atoms with Crippen molar-refractivity contribution in [2.45, 2.75) is 6.54 Å². The Bertz CT molecular complexity index is 602. The molecule has 5 heteroatoms. The summed E-state index contributed by atoms with van der Waals surface area (Å²) in [7, 11) is 3.13. The predicted molar refractivity (Wildman–Crippen MR) is 80.0 cm³/mol. The summed E-state index contributed by atoms with van der Waals surface area (Å²) in [6, 6.07) is 10.6. The number of aromatic hydroxyl groups is 1. The van der Waals surface area contributed by atoms with Crippen LogP contribution < -0.4 is 14.8 Å². The molecule has 0 aliphatic carbocycles. The van der Waals surface area contributed by atoms with Gasteiger partial charge in [0.25, 0.3) is 0 Å². The number of methoxy groups -OCH3 is 2. The van der Waals surface area contributed by atoms with Gasteiger partial charge in [0.2, 0.25) is 0 Å². The minimum atomic E-state index is 0.247. The summed E-state index contributed by atoms with van der Waals surface area (Å²) >= 11 is 6.18. The molecule has 2 N–H and O–H groups in total. The van der Waals surface area contributed by atoms with Crippen molar-refractivity contribution in [3.05, 3.63) is 47.0 Å². The van der Waals surface area contributed by atoms with Gasteiger partial charge in [0.1, 0.15) is 5.75 Å². The van der Waals surface area contributed by atoms with Crippen LogP contribution in [-0.4, -0.2) is 19.3 Å². The molecule has 0 fully saturated rings. The Labute approximate surface area is 122 Å². The number of hydrogen-bond donors (Lipinski definition) is 2. The first-order valence-corrected chi connectivity index (χ1v) is 6.45. The van der Waals surface area contributed by atoms with Gasteiger partial charge in [-0.2, -0.15) is 0 Å². The minimum absolute atomic E-state index is 0.247. The number of benzene rings is 2. The van der Waals surface area contributed by atoms with Gasteiger partial charge in [0.05, 0.1) is 24.9 Å². The second kappa shape index (κ2) is 6.39. The van der Waals surface area contributed by atoms with E-state index in [0.29, 0.717) is 28.8 Å². The lowest BCUT2D eigenvalue weighted by molar-refractivity contribution is 0.355. The maximum Gasteiger partial charge on any atom is 0.162 e. The summed E-state index contributed by atoms with van der Waals surface area (Å²) in [4.78, 5) is 0. The lowest BCUT2D eigenvalue weighted by Crippen LogP contribution is -2.01. The molecule has 0 heterocycles. The quantitative estimate of drug-likeness (QED) is 0.883. The standard InChI is InChI=1S/C15H16ClNO3/c1-19-14-7-11(16)12(8-15(14)20-2)17-9-10-5-3-4-6-13(10)18/h3-8,17-18H,9H2,1-2H3. The number of ether oxygens (including phenoxy) is 2. The Morgan fingerprint density at radius 3 is 2.40 bits per heavy atom. The normalized spacial score (nSPS) is 10.2. The molecular weight excluding hydrogens is 278 g/mol. The maximum absolute atomic E-state index is 9.72. The highest BCUT2D eigenvalue weighted by molar-refractivity contribution is 6.33. The fourth-order valence-corrected chi connectivity index (χ4v) is 2.06. The van der Waals surface area contributed by atoms with Crippen LogP contribution in [0.15, 0.2) is 36.4 Å². The zero-order valence-electron chi connectivity index (χ0n) is 11.3. The van der Waals surface area contributed by atoms with Crippen LogP contribution in [0.4, 0.5) is 5.69 Å². The van der Waals surface area contributed by atoms with Gasteiger partial charge in [-0.15, -0.1) is 0 Å². The highest BCUT2D eigenvalue weighted by atomic mass is 35.5. The number of rotatable bonds is 5. The Morgan fingerprint density at radius 1 is 1.10 bits per heavy atom. The van der Waals surface area contributed by atoms with E-state index in [4.69, 9.17) is 21.1 Å². The number of phenolic OH excluding ortho intramolecular Hbond substituents is 1. The molecule has 0 saturated heterocycles. The van der Waals surface area contributed by atoms with Crippen molar-refractivity contribution in [2.75, 3.05) is 19.5 Å². The lowest BCUT2D eigenvalue weighted by Gasteiger charge is -2.13. The van der Waals surface area contributed by atoms with E-state index in [2.05, 4.69) is 5.32 Å². The summed E-state index contributed by atoms with van der Waals surface area (Å²) in [5.74, 6) is 1.42. The van der Waals surface area contributed by atoms with Gasteiger partial charge in [0, 0.05) is 24.2 Å². The van der Waals surface area contributed by atoms with Crippen LogP contribution in [0, 0.1) is 0 Å². The maximum atomic E-state index is 9.72. The summed E-state index contributed by atoms with van der Waals surface area (Å²) in [6.07, 6.45) is 0. The molecule has 0 bridgehead atoms. The molecule has 0 aliphatic heterocycles. The Hall–Kier alpha value is -2.07. The van der Waals surface area contributed by atoms with Gasteiger partial charge in [-0.1, -0.05) is 29.8 Å². The van der Waals surface area contributed by atoms with Crippen LogP contribution in [0.25, 0.3) is 0 Å². The van der Waals surface area contributed by atoms with Crippen molar-refractivity contribution in [1.29, 1.82) is 0 Å². The highest BCUT2D eigenvalue weighted by Gasteiger charge is 2.10. The van der Waals surface area contributed by atoms with Crippen molar-refractivity contribution in [2.24, 2.45) is 0 Å². The fraction of sp³-hybridized carbons (Fsp3) is 0.200. The molecule has 0 aromatic heterocycles. The topological polar surface area (TPSA) is 50.7 Å². The van der Waals surface area contributed by atoms with Crippen molar-refractivity contribution < 1.29 is 14.6 Å². The van der Waals surface area contributed by atoms with Crippen LogP contribution in [-0.2, 0) is 6.54 Å². The molecule has 0 amide bonds. The number of para-hydroxylation sites is 1. The first-order valence-electron chi connectivity index (χ1n) is 6.08. The zero-order chi connectivity index (χ0) is 14.5. The SMILES string of the molecule is COc1cc(Cl)c(NCc2ccccc2O)cc1OC.